The van der Waals surface area contributed by atoms with Gasteiger partial charge in [0, 0.05) is 6.54 Å². The van der Waals surface area contributed by atoms with Crippen LogP contribution in [-0.2, 0) is 4.74 Å². The zero-order valence-corrected chi connectivity index (χ0v) is 11.4. The molecule has 0 aromatic carbocycles. The largest absolute Gasteiger partial charge is 0.375 e. The lowest BCUT2D eigenvalue weighted by Crippen LogP contribution is -2.58. The van der Waals surface area contributed by atoms with Gasteiger partial charge >= 0.3 is 0 Å². The van der Waals surface area contributed by atoms with E-state index in [9.17, 15) is 0 Å². The highest BCUT2D eigenvalue weighted by atomic mass is 16.5. The number of ether oxygens (including phenoxy) is 1. The number of nitrogens with two attached hydrogens (primary N) is 1. The molecular weight excluding hydrogens is 214 g/mol. The summed E-state index contributed by atoms with van der Waals surface area (Å²) in [5.74, 6) is 1.33. The minimum Gasteiger partial charge on any atom is -0.375 e. The van der Waals surface area contributed by atoms with E-state index in [0.717, 1.165) is 31.9 Å². The summed E-state index contributed by atoms with van der Waals surface area (Å²) in [4.78, 5) is 6.81. The summed E-state index contributed by atoms with van der Waals surface area (Å²) in [6, 6.07) is 0. The van der Waals surface area contributed by atoms with Gasteiger partial charge in [0.2, 0.25) is 0 Å². The van der Waals surface area contributed by atoms with Crippen molar-refractivity contribution >= 4 is 5.96 Å². The molecule has 0 aliphatic carbocycles. The number of aliphatic imine (C=N–C) groups is 1. The fraction of sp³-hybridized carbons (Fsp3) is 0.923. The molecular formula is C13H25N3O. The van der Waals surface area contributed by atoms with E-state index in [1.807, 2.05) is 0 Å². The van der Waals surface area contributed by atoms with Crippen molar-refractivity contribution in [2.24, 2.45) is 16.6 Å². The third-order valence-electron chi connectivity index (χ3n) is 3.73. The van der Waals surface area contributed by atoms with Crippen molar-refractivity contribution in [1.82, 2.24) is 4.90 Å². The molecule has 98 valence electrons. The molecule has 2 heterocycles. The van der Waals surface area contributed by atoms with Gasteiger partial charge in [-0.2, -0.15) is 0 Å². The molecule has 0 saturated carbocycles. The number of guanidine groups is 1. The molecule has 0 aromatic heterocycles. The smallest absolute Gasteiger partial charge is 0.191 e. The van der Waals surface area contributed by atoms with Crippen LogP contribution in [0.2, 0.25) is 0 Å². The second-order valence-electron chi connectivity index (χ2n) is 6.07. The Hall–Kier alpha value is -0.770. The summed E-state index contributed by atoms with van der Waals surface area (Å²) in [6.07, 6.45) is 2.67. The van der Waals surface area contributed by atoms with Crippen molar-refractivity contribution in [3.8, 4) is 0 Å². The number of hydrogen-bond acceptors (Lipinski definition) is 4. The second kappa shape index (κ2) is 4.48. The fourth-order valence-electron chi connectivity index (χ4n) is 3.29. The lowest BCUT2D eigenvalue weighted by molar-refractivity contribution is -0.0854. The van der Waals surface area contributed by atoms with Crippen LogP contribution in [0.4, 0.5) is 0 Å². The Kier molecular flexibility index (Phi) is 3.34. The minimum atomic E-state index is 0.117. The van der Waals surface area contributed by atoms with Crippen LogP contribution in [-0.4, -0.2) is 41.7 Å². The Balaban J connectivity index is 2.18. The number of nitrogens with zero attached hydrogens (tertiary/aromatic N) is 2. The van der Waals surface area contributed by atoms with Crippen molar-refractivity contribution in [2.45, 2.75) is 58.3 Å². The van der Waals surface area contributed by atoms with Gasteiger partial charge in [0.25, 0.3) is 0 Å². The highest BCUT2D eigenvalue weighted by Crippen LogP contribution is 2.37. The van der Waals surface area contributed by atoms with E-state index < -0.39 is 0 Å². The summed E-state index contributed by atoms with van der Waals surface area (Å²) in [6.45, 7) is 10.6. The van der Waals surface area contributed by atoms with Crippen molar-refractivity contribution < 1.29 is 4.74 Å². The van der Waals surface area contributed by atoms with Gasteiger partial charge in [-0.1, -0.05) is 13.8 Å². The van der Waals surface area contributed by atoms with Gasteiger partial charge in [0.15, 0.2) is 5.96 Å². The molecule has 4 heteroatoms. The fourth-order valence-corrected chi connectivity index (χ4v) is 3.29. The van der Waals surface area contributed by atoms with Gasteiger partial charge in [-0.15, -0.1) is 0 Å². The maximum Gasteiger partial charge on any atom is 0.191 e. The van der Waals surface area contributed by atoms with Crippen LogP contribution in [0, 0.1) is 5.92 Å². The molecule has 0 radical (unpaired) electrons. The Bertz CT molecular complexity index is 304. The summed E-state index contributed by atoms with van der Waals surface area (Å²) in [5.41, 5.74) is 6.18. The standard InChI is InChI=1S/C13H25N3O/c1-9(2)7-16-12(14)15-8-13(16)5-10(3)17-11(4)6-13/h9-11H,5-8H2,1-4H3,(H2,14,15). The first-order valence-corrected chi connectivity index (χ1v) is 6.66. The molecule has 0 amide bonds. The molecule has 2 aliphatic rings. The lowest BCUT2D eigenvalue weighted by Gasteiger charge is -2.46. The topological polar surface area (TPSA) is 50.8 Å². The highest BCUT2D eigenvalue weighted by Gasteiger charge is 2.47. The first-order valence-electron chi connectivity index (χ1n) is 6.66. The van der Waals surface area contributed by atoms with E-state index in [4.69, 9.17) is 10.5 Å². The Labute approximate surface area is 104 Å². The van der Waals surface area contributed by atoms with Gasteiger partial charge in [-0.25, -0.2) is 0 Å². The summed E-state index contributed by atoms with van der Waals surface area (Å²) in [5, 5.41) is 0. The summed E-state index contributed by atoms with van der Waals surface area (Å²) < 4.78 is 5.84. The third kappa shape index (κ3) is 2.41. The first kappa shape index (κ1) is 12.7. The quantitative estimate of drug-likeness (QED) is 0.796. The van der Waals surface area contributed by atoms with Crippen LogP contribution in [0.15, 0.2) is 4.99 Å². The SMILES string of the molecule is CC(C)CN1C(N)=NCC12CC(C)OC(C)C2. The van der Waals surface area contributed by atoms with E-state index in [2.05, 4.69) is 37.6 Å². The van der Waals surface area contributed by atoms with Crippen LogP contribution in [0.5, 0.6) is 0 Å². The van der Waals surface area contributed by atoms with Crippen molar-refractivity contribution in [2.75, 3.05) is 13.1 Å². The van der Waals surface area contributed by atoms with E-state index in [1.54, 1.807) is 0 Å². The Morgan fingerprint density at radius 1 is 1.41 bits per heavy atom. The normalized spacial score (nSPS) is 37.9. The zero-order valence-electron chi connectivity index (χ0n) is 11.4. The Morgan fingerprint density at radius 2 is 2.00 bits per heavy atom. The van der Waals surface area contributed by atoms with Crippen LogP contribution in [0.3, 0.4) is 0 Å². The molecule has 2 atom stereocenters. The lowest BCUT2D eigenvalue weighted by atomic mass is 9.83. The molecule has 0 aromatic rings. The monoisotopic (exact) mass is 239 g/mol. The molecule has 2 rings (SSSR count). The second-order valence-corrected chi connectivity index (χ2v) is 6.07. The maximum atomic E-state index is 6.06. The highest BCUT2D eigenvalue weighted by molar-refractivity contribution is 5.81. The molecule has 2 N–H and O–H groups in total. The van der Waals surface area contributed by atoms with E-state index in [1.165, 1.54) is 0 Å². The van der Waals surface area contributed by atoms with Gasteiger partial charge < -0.3 is 15.4 Å². The average molecular weight is 239 g/mol. The van der Waals surface area contributed by atoms with Gasteiger partial charge in [0.05, 0.1) is 24.3 Å². The molecule has 0 bridgehead atoms. The zero-order chi connectivity index (χ0) is 12.6. The van der Waals surface area contributed by atoms with E-state index in [-0.39, 0.29) is 5.54 Å². The molecule has 1 saturated heterocycles. The van der Waals surface area contributed by atoms with Crippen LogP contribution in [0.25, 0.3) is 0 Å². The van der Waals surface area contributed by atoms with Crippen LogP contribution < -0.4 is 5.73 Å². The number of rotatable bonds is 2. The van der Waals surface area contributed by atoms with E-state index in [0.29, 0.717) is 18.1 Å². The number of hydrogen-bond donors (Lipinski definition) is 1. The van der Waals surface area contributed by atoms with E-state index >= 15 is 0 Å². The van der Waals surface area contributed by atoms with Crippen molar-refractivity contribution in [3.05, 3.63) is 0 Å². The molecule has 1 spiro atoms. The average Bonchev–Trinajstić information content (AvgIpc) is 2.45. The molecule has 1 fully saturated rings. The van der Waals surface area contributed by atoms with Gasteiger partial charge in [0.1, 0.15) is 0 Å². The molecule has 4 nitrogen and oxygen atoms in total. The van der Waals surface area contributed by atoms with Crippen LogP contribution in [0.1, 0.15) is 40.5 Å². The van der Waals surface area contributed by atoms with Gasteiger partial charge in [-0.05, 0) is 32.6 Å². The van der Waals surface area contributed by atoms with Gasteiger partial charge in [-0.3, -0.25) is 4.99 Å². The molecule has 2 unspecified atom stereocenters. The predicted molar refractivity (Wildman–Crippen MR) is 70.0 cm³/mol. The van der Waals surface area contributed by atoms with Crippen molar-refractivity contribution in [3.63, 3.8) is 0 Å². The predicted octanol–water partition coefficient (Wildman–Crippen LogP) is 1.60. The first-order chi connectivity index (χ1) is 7.93. The minimum absolute atomic E-state index is 0.117. The summed E-state index contributed by atoms with van der Waals surface area (Å²) in [7, 11) is 0. The molecule has 17 heavy (non-hydrogen) atoms. The van der Waals surface area contributed by atoms with Crippen molar-refractivity contribution in [1.29, 1.82) is 0 Å². The van der Waals surface area contributed by atoms with Crippen LogP contribution >= 0.6 is 0 Å². The Morgan fingerprint density at radius 3 is 2.53 bits per heavy atom. The third-order valence-corrected chi connectivity index (χ3v) is 3.73. The molecule has 2 aliphatic heterocycles. The summed E-state index contributed by atoms with van der Waals surface area (Å²) >= 11 is 0. The maximum absolute atomic E-state index is 6.06.